The van der Waals surface area contributed by atoms with Gasteiger partial charge in [-0.05, 0) is 19.9 Å². The van der Waals surface area contributed by atoms with E-state index in [9.17, 15) is 0 Å². The van der Waals surface area contributed by atoms with Crippen LogP contribution in [0.1, 0.15) is 12.2 Å². The summed E-state index contributed by atoms with van der Waals surface area (Å²) in [5.41, 5.74) is 0. The van der Waals surface area contributed by atoms with Crippen LogP contribution in [0, 0.1) is 6.92 Å². The summed E-state index contributed by atoms with van der Waals surface area (Å²) in [6, 6.07) is 0. The molecule has 0 radical (unpaired) electrons. The van der Waals surface area contributed by atoms with Gasteiger partial charge in [0.05, 0.1) is 19.8 Å². The van der Waals surface area contributed by atoms with Crippen LogP contribution in [0.3, 0.4) is 0 Å². The molecule has 0 spiro atoms. The molecule has 19 heavy (non-hydrogen) atoms. The normalized spacial score (nSPS) is 17.7. The first kappa shape index (κ1) is 14.6. The average molecular weight is 286 g/mol. The molecule has 1 aromatic rings. The Morgan fingerprint density at radius 1 is 1.26 bits per heavy atom. The van der Waals surface area contributed by atoms with E-state index in [0.717, 1.165) is 50.1 Å². The van der Waals surface area contributed by atoms with Gasteiger partial charge in [0.2, 0.25) is 5.13 Å². The van der Waals surface area contributed by atoms with Crippen molar-refractivity contribution in [1.29, 1.82) is 0 Å². The van der Waals surface area contributed by atoms with E-state index in [0.29, 0.717) is 13.2 Å². The smallest absolute Gasteiger partial charge is 0.205 e. The van der Waals surface area contributed by atoms with Crippen molar-refractivity contribution in [1.82, 2.24) is 14.3 Å². The summed E-state index contributed by atoms with van der Waals surface area (Å²) in [5.74, 6) is 0.860. The predicted octanol–water partition coefficient (Wildman–Crippen LogP) is 0.368. The maximum Gasteiger partial charge on any atom is 0.205 e. The van der Waals surface area contributed by atoms with Crippen LogP contribution in [0.2, 0.25) is 0 Å². The van der Waals surface area contributed by atoms with Gasteiger partial charge >= 0.3 is 0 Å². The second-order valence-electron chi connectivity index (χ2n) is 4.64. The molecule has 0 aromatic carbocycles. The maximum atomic E-state index is 8.65. The van der Waals surface area contributed by atoms with E-state index in [1.165, 1.54) is 11.5 Å². The van der Waals surface area contributed by atoms with Crippen molar-refractivity contribution < 1.29 is 9.84 Å². The van der Waals surface area contributed by atoms with E-state index < -0.39 is 0 Å². The fraction of sp³-hybridized carbons (Fsp3) is 0.833. The summed E-state index contributed by atoms with van der Waals surface area (Å²) in [7, 11) is 0. The van der Waals surface area contributed by atoms with Gasteiger partial charge in [-0.25, -0.2) is 4.98 Å². The number of aliphatic hydroxyl groups excluding tert-OH is 1. The summed E-state index contributed by atoms with van der Waals surface area (Å²) in [6.45, 7) is 8.26. The minimum Gasteiger partial charge on any atom is -0.394 e. The number of rotatable bonds is 6. The van der Waals surface area contributed by atoms with Crippen molar-refractivity contribution in [2.24, 2.45) is 0 Å². The molecule has 6 nitrogen and oxygen atoms in total. The van der Waals surface area contributed by atoms with Gasteiger partial charge in [0.25, 0.3) is 0 Å². The number of anilines is 1. The Morgan fingerprint density at radius 2 is 2.16 bits per heavy atom. The maximum absolute atomic E-state index is 8.65. The van der Waals surface area contributed by atoms with Gasteiger partial charge in [-0.1, -0.05) is 0 Å². The van der Waals surface area contributed by atoms with Crippen molar-refractivity contribution in [3.8, 4) is 0 Å². The van der Waals surface area contributed by atoms with Gasteiger partial charge in [-0.15, -0.1) is 0 Å². The lowest BCUT2D eigenvalue weighted by molar-refractivity contribution is 0.0750. The molecule has 1 aliphatic heterocycles. The fourth-order valence-corrected chi connectivity index (χ4v) is 2.89. The lowest BCUT2D eigenvalue weighted by Crippen LogP contribution is -2.33. The average Bonchev–Trinajstić information content (AvgIpc) is 2.71. The molecule has 1 aromatic heterocycles. The molecule has 0 aliphatic carbocycles. The minimum absolute atomic E-state index is 0.101. The second-order valence-corrected chi connectivity index (χ2v) is 5.37. The molecule has 7 heteroatoms. The number of aliphatic hydroxyl groups is 1. The highest BCUT2D eigenvalue weighted by Gasteiger charge is 2.17. The summed E-state index contributed by atoms with van der Waals surface area (Å²) >= 11 is 1.48. The molecule has 0 saturated carbocycles. The number of ether oxygens (including phenoxy) is 1. The SMILES string of the molecule is Cc1nsc(N2CCCN(CCOCCO)CC2)n1. The topological polar surface area (TPSA) is 61.7 Å². The Kier molecular flexibility index (Phi) is 5.96. The molecule has 1 N–H and O–H groups in total. The second kappa shape index (κ2) is 7.74. The van der Waals surface area contributed by atoms with Crippen LogP contribution in [-0.4, -0.2) is 71.9 Å². The molecule has 0 unspecified atom stereocenters. The Labute approximate surface area is 118 Å². The molecule has 1 saturated heterocycles. The third-order valence-corrected chi connectivity index (χ3v) is 4.03. The first-order valence-corrected chi connectivity index (χ1v) is 7.53. The highest BCUT2D eigenvalue weighted by molar-refractivity contribution is 7.09. The summed E-state index contributed by atoms with van der Waals surface area (Å²) < 4.78 is 9.56. The number of hydrogen-bond acceptors (Lipinski definition) is 7. The molecular formula is C12H22N4O2S. The van der Waals surface area contributed by atoms with Crippen molar-refractivity contribution >= 4 is 16.7 Å². The monoisotopic (exact) mass is 286 g/mol. The molecule has 0 atom stereocenters. The lowest BCUT2D eigenvalue weighted by Gasteiger charge is -2.21. The van der Waals surface area contributed by atoms with Gasteiger partial charge in [-0.3, -0.25) is 4.90 Å². The molecular weight excluding hydrogens is 264 g/mol. The van der Waals surface area contributed by atoms with E-state index in [2.05, 4.69) is 19.2 Å². The minimum atomic E-state index is 0.101. The number of nitrogens with zero attached hydrogens (tertiary/aromatic N) is 4. The van der Waals surface area contributed by atoms with Gasteiger partial charge in [0.15, 0.2) is 0 Å². The number of hydrogen-bond donors (Lipinski definition) is 1. The van der Waals surface area contributed by atoms with E-state index in [1.54, 1.807) is 0 Å². The van der Waals surface area contributed by atoms with Crippen molar-refractivity contribution in [3.05, 3.63) is 5.82 Å². The van der Waals surface area contributed by atoms with Gasteiger partial charge in [0, 0.05) is 37.7 Å². The van der Waals surface area contributed by atoms with Crippen LogP contribution in [0.4, 0.5) is 5.13 Å². The van der Waals surface area contributed by atoms with E-state index in [1.807, 2.05) is 6.92 Å². The first-order chi connectivity index (χ1) is 9.29. The van der Waals surface area contributed by atoms with Crippen LogP contribution in [0.25, 0.3) is 0 Å². The zero-order valence-electron chi connectivity index (χ0n) is 11.4. The number of aryl methyl sites for hydroxylation is 1. The van der Waals surface area contributed by atoms with Crippen molar-refractivity contribution in [2.75, 3.05) is 57.4 Å². The predicted molar refractivity (Wildman–Crippen MR) is 75.8 cm³/mol. The summed E-state index contributed by atoms with van der Waals surface area (Å²) in [6.07, 6.45) is 1.14. The van der Waals surface area contributed by atoms with Crippen LogP contribution >= 0.6 is 11.5 Å². The largest absolute Gasteiger partial charge is 0.394 e. The zero-order chi connectivity index (χ0) is 13.5. The van der Waals surface area contributed by atoms with Gasteiger partial charge in [0.1, 0.15) is 5.82 Å². The van der Waals surface area contributed by atoms with Crippen LogP contribution in [0.15, 0.2) is 0 Å². The van der Waals surface area contributed by atoms with Crippen molar-refractivity contribution in [2.45, 2.75) is 13.3 Å². The van der Waals surface area contributed by atoms with E-state index >= 15 is 0 Å². The summed E-state index contributed by atoms with van der Waals surface area (Å²) in [4.78, 5) is 9.18. The molecule has 2 heterocycles. The Hall–Kier alpha value is -0.760. The van der Waals surface area contributed by atoms with E-state index in [4.69, 9.17) is 9.84 Å². The summed E-state index contributed by atoms with van der Waals surface area (Å²) in [5, 5.41) is 9.69. The van der Waals surface area contributed by atoms with Crippen LogP contribution in [-0.2, 0) is 4.74 Å². The Bertz CT molecular complexity index is 374. The van der Waals surface area contributed by atoms with Crippen LogP contribution in [0.5, 0.6) is 0 Å². The van der Waals surface area contributed by atoms with Gasteiger partial charge < -0.3 is 14.7 Å². The lowest BCUT2D eigenvalue weighted by atomic mass is 10.4. The molecule has 108 valence electrons. The third kappa shape index (κ3) is 4.68. The molecule has 1 aliphatic rings. The highest BCUT2D eigenvalue weighted by Crippen LogP contribution is 2.18. The quantitative estimate of drug-likeness (QED) is 0.762. The fourth-order valence-electron chi connectivity index (χ4n) is 2.16. The Balaban J connectivity index is 1.75. The van der Waals surface area contributed by atoms with Gasteiger partial charge in [-0.2, -0.15) is 4.37 Å². The van der Waals surface area contributed by atoms with E-state index in [-0.39, 0.29) is 6.61 Å². The highest BCUT2D eigenvalue weighted by atomic mass is 32.1. The molecule has 1 fully saturated rings. The third-order valence-electron chi connectivity index (χ3n) is 3.16. The van der Waals surface area contributed by atoms with Crippen molar-refractivity contribution in [3.63, 3.8) is 0 Å². The number of aromatic nitrogens is 2. The first-order valence-electron chi connectivity index (χ1n) is 6.76. The Morgan fingerprint density at radius 3 is 2.89 bits per heavy atom. The molecule has 2 rings (SSSR count). The zero-order valence-corrected chi connectivity index (χ0v) is 12.2. The van der Waals surface area contributed by atoms with Crippen LogP contribution < -0.4 is 4.90 Å². The molecule has 0 bridgehead atoms. The molecule has 0 amide bonds. The standard InChI is InChI=1S/C12H22N4O2S/c1-11-13-12(19-14-11)16-4-2-3-15(5-6-16)7-9-18-10-8-17/h17H,2-10H2,1H3.